The highest BCUT2D eigenvalue weighted by Crippen LogP contribution is 2.43. The van der Waals surface area contributed by atoms with Crippen LogP contribution in [0.25, 0.3) is 0 Å². The predicted molar refractivity (Wildman–Crippen MR) is 231 cm³/mol. The third kappa shape index (κ3) is 42.5. The van der Waals surface area contributed by atoms with Crippen LogP contribution in [0.5, 0.6) is 0 Å². The Morgan fingerprint density at radius 3 is 1.61 bits per heavy atom. The molecule has 0 fully saturated rings. The lowest BCUT2D eigenvalue weighted by molar-refractivity contribution is -0.161. The maximum Gasteiger partial charge on any atom is 0.472 e. The lowest BCUT2D eigenvalue weighted by Crippen LogP contribution is -2.30. The van der Waals surface area contributed by atoms with Crippen LogP contribution >= 0.6 is 15.6 Å². The fourth-order valence-corrected chi connectivity index (χ4v) is 6.81. The van der Waals surface area contributed by atoms with Crippen LogP contribution in [0.2, 0.25) is 0 Å². The van der Waals surface area contributed by atoms with Crippen LogP contribution in [0.4, 0.5) is 0 Å². The average molecular weight is 881 g/mol. The smallest absolute Gasteiger partial charge is 0.462 e. The van der Waals surface area contributed by atoms with Crippen molar-refractivity contribution in [2.24, 2.45) is 5.92 Å². The largest absolute Gasteiger partial charge is 0.472 e. The molecule has 0 bridgehead atoms. The van der Waals surface area contributed by atoms with E-state index < -0.39 is 66.2 Å². The lowest BCUT2D eigenvalue weighted by Gasteiger charge is -2.20. The molecule has 14 nitrogen and oxygen atoms in total. The number of carbonyl (C=O) groups is 2. The molecule has 0 radical (unpaired) electrons. The molecule has 5 N–H and O–H groups in total. The molecule has 59 heavy (non-hydrogen) atoms. The Labute approximate surface area is 354 Å². The molecule has 0 saturated heterocycles. The molecule has 2 unspecified atom stereocenters. The van der Waals surface area contributed by atoms with Crippen molar-refractivity contribution >= 4 is 27.6 Å². The number of phosphoric acid groups is 2. The first-order valence-corrected chi connectivity index (χ1v) is 24.8. The van der Waals surface area contributed by atoms with Crippen LogP contribution in [-0.4, -0.2) is 81.6 Å². The maximum absolute atomic E-state index is 12.6. The zero-order chi connectivity index (χ0) is 44.0. The number of unbranched alkanes of at least 4 members (excludes halogenated alkanes) is 11. The summed E-state index contributed by atoms with van der Waals surface area (Å²) in [4.78, 5) is 52.6. The van der Waals surface area contributed by atoms with E-state index in [9.17, 15) is 33.8 Å². The summed E-state index contributed by atoms with van der Waals surface area (Å²) in [7, 11) is -9.70. The number of rotatable bonds is 40. The van der Waals surface area contributed by atoms with Gasteiger partial charge < -0.3 is 34.4 Å². The Morgan fingerprint density at radius 1 is 0.559 bits per heavy atom. The Kier molecular flexibility index (Phi) is 36.5. The highest BCUT2D eigenvalue weighted by atomic mass is 31.2. The van der Waals surface area contributed by atoms with Gasteiger partial charge in [-0.3, -0.25) is 23.2 Å². The van der Waals surface area contributed by atoms with Gasteiger partial charge in [0.15, 0.2) is 6.10 Å². The number of allylic oxidation sites excluding steroid dienone is 7. The Morgan fingerprint density at radius 2 is 1.05 bits per heavy atom. The monoisotopic (exact) mass is 880 g/mol. The Hall–Kier alpha value is -1.96. The summed E-state index contributed by atoms with van der Waals surface area (Å²) in [6, 6.07) is 0. The van der Waals surface area contributed by atoms with Crippen LogP contribution in [0.3, 0.4) is 0 Å². The summed E-state index contributed by atoms with van der Waals surface area (Å²) in [6.07, 6.45) is 33.3. The van der Waals surface area contributed by atoms with E-state index in [2.05, 4.69) is 60.2 Å². The van der Waals surface area contributed by atoms with Crippen molar-refractivity contribution in [3.63, 3.8) is 0 Å². The van der Waals surface area contributed by atoms with Gasteiger partial charge in [-0.2, -0.15) is 0 Å². The first-order valence-electron chi connectivity index (χ1n) is 21.8. The van der Waals surface area contributed by atoms with E-state index in [1.807, 2.05) is 18.2 Å². The average Bonchev–Trinajstić information content (AvgIpc) is 3.17. The van der Waals surface area contributed by atoms with E-state index in [1.165, 1.54) is 44.9 Å². The van der Waals surface area contributed by atoms with Crippen LogP contribution in [0.15, 0.2) is 48.6 Å². The first kappa shape index (κ1) is 57.0. The number of hydrogen-bond donors (Lipinski definition) is 5. The third-order valence-corrected chi connectivity index (χ3v) is 10.4. The molecule has 0 aliphatic rings. The number of aliphatic hydroxyl groups excluding tert-OH is 2. The first-order chi connectivity index (χ1) is 28.1. The normalized spacial score (nSPS) is 15.1. The van der Waals surface area contributed by atoms with Crippen molar-refractivity contribution in [1.82, 2.24) is 0 Å². The summed E-state index contributed by atoms with van der Waals surface area (Å²) < 4.78 is 47.7. The highest BCUT2D eigenvalue weighted by Gasteiger charge is 2.28. The summed E-state index contributed by atoms with van der Waals surface area (Å²) in [5.74, 6) is -0.343. The van der Waals surface area contributed by atoms with Crippen molar-refractivity contribution in [2.45, 2.75) is 180 Å². The molecule has 0 spiro atoms. The number of ether oxygens (including phenoxy) is 2. The van der Waals surface area contributed by atoms with Crippen LogP contribution in [-0.2, 0) is 41.8 Å². The molecular weight excluding hydrogens is 802 g/mol. The van der Waals surface area contributed by atoms with E-state index in [-0.39, 0.29) is 18.9 Å². The number of aliphatic hydroxyl groups is 2. The van der Waals surface area contributed by atoms with Crippen molar-refractivity contribution < 1.29 is 66.7 Å². The molecule has 0 aromatic carbocycles. The second-order valence-electron chi connectivity index (χ2n) is 15.3. The molecule has 0 saturated carbocycles. The summed E-state index contributed by atoms with van der Waals surface area (Å²) in [6.45, 7) is 3.79. The van der Waals surface area contributed by atoms with E-state index in [4.69, 9.17) is 23.8 Å². The van der Waals surface area contributed by atoms with Gasteiger partial charge in [-0.1, -0.05) is 146 Å². The third-order valence-electron chi connectivity index (χ3n) is 8.94. The van der Waals surface area contributed by atoms with Gasteiger partial charge >= 0.3 is 27.6 Å². The molecule has 16 heteroatoms. The molecular formula is C43H78O14P2. The minimum atomic E-state index is -4.87. The van der Waals surface area contributed by atoms with Gasteiger partial charge in [0.05, 0.1) is 25.9 Å². The lowest BCUT2D eigenvalue weighted by atomic mass is 10.0. The number of phosphoric ester groups is 2. The van der Waals surface area contributed by atoms with E-state index >= 15 is 0 Å². The Balaban J connectivity index is 4.62. The molecule has 0 aromatic heterocycles. The second kappa shape index (κ2) is 37.8. The summed E-state index contributed by atoms with van der Waals surface area (Å²) in [5.41, 5.74) is 0. The minimum Gasteiger partial charge on any atom is -0.462 e. The van der Waals surface area contributed by atoms with Gasteiger partial charge in [-0.25, -0.2) is 9.13 Å². The second-order valence-corrected chi connectivity index (χ2v) is 18.0. The summed E-state index contributed by atoms with van der Waals surface area (Å²) >= 11 is 0. The van der Waals surface area contributed by atoms with E-state index in [0.717, 1.165) is 63.7 Å². The van der Waals surface area contributed by atoms with Crippen LogP contribution < -0.4 is 0 Å². The van der Waals surface area contributed by atoms with Gasteiger partial charge in [-0.15, -0.1) is 0 Å². The fraction of sp³-hybridized carbons (Fsp3) is 0.767. The van der Waals surface area contributed by atoms with Crippen molar-refractivity contribution in [3.8, 4) is 0 Å². The fourth-order valence-electron chi connectivity index (χ4n) is 5.66. The quantitative estimate of drug-likeness (QED) is 0.0168. The zero-order valence-corrected chi connectivity index (χ0v) is 37.9. The van der Waals surface area contributed by atoms with E-state index in [1.54, 1.807) is 0 Å². The number of esters is 2. The van der Waals surface area contributed by atoms with Gasteiger partial charge in [-0.05, 0) is 57.3 Å². The number of carbonyl (C=O) groups excluding carboxylic acids is 2. The molecule has 0 aromatic rings. The molecule has 4 atom stereocenters. The summed E-state index contributed by atoms with van der Waals surface area (Å²) in [5, 5.41) is 19.5. The van der Waals surface area contributed by atoms with Crippen LogP contribution in [0, 0.1) is 5.92 Å². The van der Waals surface area contributed by atoms with Gasteiger partial charge in [0.2, 0.25) is 0 Å². The van der Waals surface area contributed by atoms with Crippen molar-refractivity contribution in [3.05, 3.63) is 48.6 Å². The van der Waals surface area contributed by atoms with Gasteiger partial charge in [0.1, 0.15) is 12.7 Å². The van der Waals surface area contributed by atoms with Gasteiger partial charge in [0, 0.05) is 12.8 Å². The molecule has 0 heterocycles. The zero-order valence-electron chi connectivity index (χ0n) is 36.1. The molecule has 344 valence electrons. The van der Waals surface area contributed by atoms with Crippen molar-refractivity contribution in [1.29, 1.82) is 0 Å². The van der Waals surface area contributed by atoms with E-state index in [0.29, 0.717) is 25.7 Å². The predicted octanol–water partition coefficient (Wildman–Crippen LogP) is 9.89. The van der Waals surface area contributed by atoms with Crippen molar-refractivity contribution in [2.75, 3.05) is 26.4 Å². The minimum absolute atomic E-state index is 0.104. The molecule has 0 amide bonds. The standard InChI is InChI=1S/C43H78O14P2/c1-4-29-39(44)31-26-22-18-14-10-6-5-7-11-15-19-23-27-32-42(46)53-36-41(37-56-59(51,52)55-35-40(45)34-54-58(48,49)50)57-43(47)33-28-24-20-16-12-8-9-13-17-21-25-30-38(2)3/h5,7,10,14-15,19,22,26,38-41,44-45H,4,6,8-9,11-13,16-18,20-21,23-25,27-37H2,1-3H3,(H,51,52)(H2,48,49,50)/b7-5-,14-10-,19-15-,26-22-/t39?,40-,41+/m0/s1. The highest BCUT2D eigenvalue weighted by molar-refractivity contribution is 7.47. The molecule has 0 aliphatic carbocycles. The molecule has 0 aliphatic heterocycles. The topological polar surface area (TPSA) is 216 Å². The van der Waals surface area contributed by atoms with Gasteiger partial charge in [0.25, 0.3) is 0 Å². The Bertz CT molecular complexity index is 1260. The molecule has 0 rings (SSSR count). The SMILES string of the molecule is CCCC(O)C/C=C\C/C=C\C/C=C\C/C=C\CCCC(=O)OC[C@H](COP(=O)(O)OC[C@@H](O)COP(=O)(O)O)OC(=O)CCCCCCCCCCCCCC(C)C. The van der Waals surface area contributed by atoms with Crippen LogP contribution in [0.1, 0.15) is 162 Å². The number of hydrogen-bond acceptors (Lipinski definition) is 11. The maximum atomic E-state index is 12.6.